The Labute approximate surface area is 111 Å². The van der Waals surface area contributed by atoms with E-state index in [9.17, 15) is 5.11 Å². The van der Waals surface area contributed by atoms with E-state index in [1.54, 1.807) is 6.07 Å². The Balaban J connectivity index is 2.27. The highest BCUT2D eigenvalue weighted by molar-refractivity contribution is 6.32. The third-order valence-electron chi connectivity index (χ3n) is 2.64. The van der Waals surface area contributed by atoms with E-state index >= 15 is 0 Å². The maximum Gasteiger partial charge on any atom is 0.137 e. The summed E-state index contributed by atoms with van der Waals surface area (Å²) in [5.74, 6) is 0.159. The summed E-state index contributed by atoms with van der Waals surface area (Å²) in [7, 11) is 0. The number of aryl methyl sites for hydroxylation is 1. The SMILES string of the molecule is Cc1cc(Cc2ccc(Cl)cc2)cc(Cl)c1O. The lowest BCUT2D eigenvalue weighted by Crippen LogP contribution is -1.89. The molecule has 0 unspecified atom stereocenters. The molecule has 0 spiro atoms. The summed E-state index contributed by atoms with van der Waals surface area (Å²) in [6, 6.07) is 11.4. The van der Waals surface area contributed by atoms with Gasteiger partial charge in [-0.2, -0.15) is 0 Å². The van der Waals surface area contributed by atoms with Crippen molar-refractivity contribution in [2.75, 3.05) is 0 Å². The molecule has 0 bridgehead atoms. The number of benzene rings is 2. The summed E-state index contributed by atoms with van der Waals surface area (Å²) in [6.07, 6.45) is 0.776. The average Bonchev–Trinajstić information content (AvgIpc) is 2.29. The average molecular weight is 267 g/mol. The lowest BCUT2D eigenvalue weighted by Gasteiger charge is -2.07. The highest BCUT2D eigenvalue weighted by Crippen LogP contribution is 2.29. The quantitative estimate of drug-likeness (QED) is 0.843. The van der Waals surface area contributed by atoms with Gasteiger partial charge in [0.1, 0.15) is 5.75 Å². The van der Waals surface area contributed by atoms with Crippen LogP contribution in [-0.2, 0) is 6.42 Å². The first kappa shape index (κ1) is 12.3. The van der Waals surface area contributed by atoms with Gasteiger partial charge < -0.3 is 5.11 Å². The van der Waals surface area contributed by atoms with Gasteiger partial charge in [0.15, 0.2) is 0 Å². The largest absolute Gasteiger partial charge is 0.506 e. The molecule has 0 fully saturated rings. The maximum absolute atomic E-state index is 9.58. The first-order valence-corrected chi connectivity index (χ1v) is 6.04. The third-order valence-corrected chi connectivity index (χ3v) is 3.18. The lowest BCUT2D eigenvalue weighted by atomic mass is 10.0. The molecule has 0 aliphatic heterocycles. The molecule has 0 saturated carbocycles. The molecule has 2 aromatic carbocycles. The van der Waals surface area contributed by atoms with Crippen molar-refractivity contribution in [2.45, 2.75) is 13.3 Å². The van der Waals surface area contributed by atoms with Crippen molar-refractivity contribution >= 4 is 23.2 Å². The van der Waals surface area contributed by atoms with Crippen molar-refractivity contribution in [1.82, 2.24) is 0 Å². The third kappa shape index (κ3) is 2.93. The fourth-order valence-electron chi connectivity index (χ4n) is 1.75. The number of rotatable bonds is 2. The summed E-state index contributed by atoms with van der Waals surface area (Å²) in [5.41, 5.74) is 3.03. The van der Waals surface area contributed by atoms with Crippen LogP contribution >= 0.6 is 23.2 Å². The Hall–Kier alpha value is -1.18. The second kappa shape index (κ2) is 4.99. The van der Waals surface area contributed by atoms with Gasteiger partial charge in [-0.15, -0.1) is 0 Å². The van der Waals surface area contributed by atoms with Crippen LogP contribution in [0.25, 0.3) is 0 Å². The van der Waals surface area contributed by atoms with E-state index in [1.165, 1.54) is 0 Å². The maximum atomic E-state index is 9.58. The Kier molecular flexibility index (Phi) is 3.60. The number of aromatic hydroxyl groups is 1. The van der Waals surface area contributed by atoms with Crippen LogP contribution in [0.4, 0.5) is 0 Å². The van der Waals surface area contributed by atoms with Gasteiger partial charge in [-0.05, 0) is 48.2 Å². The fourth-order valence-corrected chi connectivity index (χ4v) is 2.16. The molecule has 0 aliphatic carbocycles. The van der Waals surface area contributed by atoms with E-state index in [0.29, 0.717) is 5.02 Å². The van der Waals surface area contributed by atoms with Gasteiger partial charge in [-0.1, -0.05) is 41.4 Å². The van der Waals surface area contributed by atoms with Crippen LogP contribution in [0, 0.1) is 6.92 Å². The lowest BCUT2D eigenvalue weighted by molar-refractivity contribution is 0.471. The van der Waals surface area contributed by atoms with E-state index in [4.69, 9.17) is 23.2 Å². The number of hydrogen-bond donors (Lipinski definition) is 1. The predicted molar refractivity (Wildman–Crippen MR) is 72.1 cm³/mol. The van der Waals surface area contributed by atoms with Gasteiger partial charge >= 0.3 is 0 Å². The van der Waals surface area contributed by atoms with Gasteiger partial charge in [0, 0.05) is 5.02 Å². The van der Waals surface area contributed by atoms with E-state index in [2.05, 4.69) is 0 Å². The number of hydrogen-bond acceptors (Lipinski definition) is 1. The van der Waals surface area contributed by atoms with Crippen molar-refractivity contribution < 1.29 is 5.11 Å². The molecule has 2 rings (SSSR count). The minimum absolute atomic E-state index is 0.159. The van der Waals surface area contributed by atoms with Crippen LogP contribution in [0.15, 0.2) is 36.4 Å². The fraction of sp³-hybridized carbons (Fsp3) is 0.143. The molecular weight excluding hydrogens is 255 g/mol. The zero-order chi connectivity index (χ0) is 12.4. The molecule has 17 heavy (non-hydrogen) atoms. The first-order chi connectivity index (χ1) is 8.06. The van der Waals surface area contributed by atoms with E-state index in [1.807, 2.05) is 37.3 Å². The van der Waals surface area contributed by atoms with Crippen LogP contribution in [0.2, 0.25) is 10.0 Å². The Morgan fingerprint density at radius 2 is 1.65 bits per heavy atom. The smallest absolute Gasteiger partial charge is 0.137 e. The number of phenols is 1. The van der Waals surface area contributed by atoms with Gasteiger partial charge in [0.2, 0.25) is 0 Å². The topological polar surface area (TPSA) is 20.2 Å². The number of halogens is 2. The van der Waals surface area contributed by atoms with Crippen molar-refractivity contribution in [3.8, 4) is 5.75 Å². The van der Waals surface area contributed by atoms with E-state index < -0.39 is 0 Å². The van der Waals surface area contributed by atoms with Crippen molar-refractivity contribution in [3.05, 3.63) is 63.1 Å². The summed E-state index contributed by atoms with van der Waals surface area (Å²) in [6.45, 7) is 1.84. The predicted octanol–water partition coefficient (Wildman–Crippen LogP) is 4.60. The molecule has 0 amide bonds. The molecule has 0 heterocycles. The molecule has 3 heteroatoms. The van der Waals surface area contributed by atoms with Crippen LogP contribution in [0.3, 0.4) is 0 Å². The van der Waals surface area contributed by atoms with Gasteiger partial charge in [0.05, 0.1) is 5.02 Å². The normalized spacial score (nSPS) is 10.5. The molecule has 0 atom stereocenters. The summed E-state index contributed by atoms with van der Waals surface area (Å²) in [5, 5.41) is 10.7. The zero-order valence-corrected chi connectivity index (χ0v) is 10.9. The molecule has 0 aliphatic rings. The summed E-state index contributed by atoms with van der Waals surface area (Å²) >= 11 is 11.8. The molecular formula is C14H12Cl2O. The van der Waals surface area contributed by atoms with Gasteiger partial charge in [-0.3, -0.25) is 0 Å². The Morgan fingerprint density at radius 3 is 2.24 bits per heavy atom. The Morgan fingerprint density at radius 1 is 1.00 bits per heavy atom. The second-order valence-corrected chi connectivity index (χ2v) is 4.89. The standard InChI is InChI=1S/C14H12Cl2O/c1-9-6-11(8-13(16)14(9)17)7-10-2-4-12(15)5-3-10/h2-6,8,17H,7H2,1H3. The second-order valence-electron chi connectivity index (χ2n) is 4.05. The van der Waals surface area contributed by atoms with Crippen LogP contribution in [0.5, 0.6) is 5.75 Å². The van der Waals surface area contributed by atoms with Crippen LogP contribution in [0.1, 0.15) is 16.7 Å². The monoisotopic (exact) mass is 266 g/mol. The molecule has 1 N–H and O–H groups in total. The summed E-state index contributed by atoms with van der Waals surface area (Å²) < 4.78 is 0. The first-order valence-electron chi connectivity index (χ1n) is 5.28. The van der Waals surface area contributed by atoms with Gasteiger partial charge in [0.25, 0.3) is 0 Å². The van der Waals surface area contributed by atoms with E-state index in [-0.39, 0.29) is 5.75 Å². The molecule has 0 radical (unpaired) electrons. The highest BCUT2D eigenvalue weighted by atomic mass is 35.5. The van der Waals surface area contributed by atoms with E-state index in [0.717, 1.165) is 28.1 Å². The van der Waals surface area contributed by atoms with Crippen molar-refractivity contribution in [3.63, 3.8) is 0 Å². The van der Waals surface area contributed by atoms with Crippen LogP contribution < -0.4 is 0 Å². The molecule has 0 aromatic heterocycles. The Bertz CT molecular complexity index is 509. The molecule has 2 aromatic rings. The zero-order valence-electron chi connectivity index (χ0n) is 9.37. The molecule has 0 saturated heterocycles. The minimum Gasteiger partial charge on any atom is -0.506 e. The van der Waals surface area contributed by atoms with Crippen molar-refractivity contribution in [2.24, 2.45) is 0 Å². The van der Waals surface area contributed by atoms with Gasteiger partial charge in [-0.25, -0.2) is 0 Å². The molecule has 1 nitrogen and oxygen atoms in total. The van der Waals surface area contributed by atoms with Crippen molar-refractivity contribution in [1.29, 1.82) is 0 Å². The minimum atomic E-state index is 0.159. The molecule has 88 valence electrons. The highest BCUT2D eigenvalue weighted by Gasteiger charge is 2.05. The number of phenolic OH excluding ortho intramolecular Hbond substituents is 1. The summed E-state index contributed by atoms with van der Waals surface area (Å²) in [4.78, 5) is 0. The van der Waals surface area contributed by atoms with Crippen LogP contribution in [-0.4, -0.2) is 5.11 Å².